The Bertz CT molecular complexity index is 1430. The topological polar surface area (TPSA) is 26.0 Å². The van der Waals surface area contributed by atoms with Crippen LogP contribution >= 0.6 is 11.6 Å². The van der Waals surface area contributed by atoms with E-state index in [2.05, 4.69) is 50.2 Å². The first kappa shape index (κ1) is 16.8. The molecule has 0 unspecified atom stereocenters. The number of para-hydroxylation sites is 1. The minimum atomic E-state index is -0.166. The molecule has 0 saturated heterocycles. The van der Waals surface area contributed by atoms with Gasteiger partial charge < -0.3 is 4.42 Å². The van der Waals surface area contributed by atoms with Crippen LogP contribution in [0, 0.1) is 0 Å². The fraction of sp³-hybridized carbons (Fsp3) is 0.115. The van der Waals surface area contributed by atoms with Gasteiger partial charge >= 0.3 is 0 Å². The van der Waals surface area contributed by atoms with Crippen molar-refractivity contribution in [2.45, 2.75) is 19.3 Å². The predicted molar refractivity (Wildman–Crippen MR) is 120 cm³/mol. The number of hydrogen-bond donors (Lipinski definition) is 0. The lowest BCUT2D eigenvalue weighted by Gasteiger charge is -2.23. The molecular weight excluding hydrogens is 378 g/mol. The molecule has 5 aromatic rings. The number of fused-ring (bicyclic) bond motifs is 7. The van der Waals surface area contributed by atoms with Crippen LogP contribution in [0.1, 0.15) is 25.0 Å². The Hall–Kier alpha value is -3.10. The molecule has 0 fully saturated rings. The van der Waals surface area contributed by atoms with Gasteiger partial charge in [0.2, 0.25) is 5.71 Å². The Labute approximate surface area is 173 Å². The SMILES string of the molecule is CC1(C)c2ccccc2-c2c1c(-c1ccc(Cl)cc1)nc1oc3ccccc3c21. The number of halogens is 1. The second-order valence-electron chi connectivity index (χ2n) is 8.17. The molecule has 0 amide bonds. The second-order valence-corrected chi connectivity index (χ2v) is 8.60. The molecule has 0 aliphatic heterocycles. The first-order valence-corrected chi connectivity index (χ1v) is 10.1. The first-order valence-electron chi connectivity index (χ1n) is 9.77. The molecule has 0 saturated carbocycles. The van der Waals surface area contributed by atoms with Crippen molar-refractivity contribution in [3.05, 3.63) is 88.9 Å². The summed E-state index contributed by atoms with van der Waals surface area (Å²) in [7, 11) is 0. The van der Waals surface area contributed by atoms with Gasteiger partial charge in [0.1, 0.15) is 5.58 Å². The summed E-state index contributed by atoms with van der Waals surface area (Å²) < 4.78 is 6.21. The molecule has 0 spiro atoms. The lowest BCUT2D eigenvalue weighted by Crippen LogP contribution is -2.17. The molecule has 6 rings (SSSR count). The molecule has 3 heteroatoms. The third-order valence-corrected chi connectivity index (χ3v) is 6.39. The summed E-state index contributed by atoms with van der Waals surface area (Å²) in [6.07, 6.45) is 0. The van der Waals surface area contributed by atoms with Gasteiger partial charge in [-0.25, -0.2) is 4.98 Å². The molecule has 1 aliphatic carbocycles. The molecule has 140 valence electrons. The van der Waals surface area contributed by atoms with Crippen LogP contribution in [0.4, 0.5) is 0 Å². The number of furan rings is 1. The van der Waals surface area contributed by atoms with Gasteiger partial charge in [-0.05, 0) is 34.9 Å². The Morgan fingerprint density at radius 1 is 0.862 bits per heavy atom. The summed E-state index contributed by atoms with van der Waals surface area (Å²) in [5.41, 5.74) is 8.48. The smallest absolute Gasteiger partial charge is 0.228 e. The summed E-state index contributed by atoms with van der Waals surface area (Å²) in [6, 6.07) is 24.8. The Balaban J connectivity index is 1.84. The molecule has 0 atom stereocenters. The standard InChI is InChI=1S/C26H18ClNO/c1-26(2)19-9-5-3-7-17(19)21-22-18-8-4-6-10-20(18)29-25(22)28-24(23(21)26)15-11-13-16(27)14-12-15/h3-14H,1-2H3. The van der Waals surface area contributed by atoms with Gasteiger partial charge in [0, 0.05) is 27.0 Å². The maximum absolute atomic E-state index is 6.21. The maximum Gasteiger partial charge on any atom is 0.228 e. The van der Waals surface area contributed by atoms with Gasteiger partial charge in [0.05, 0.1) is 11.1 Å². The number of nitrogens with zero attached hydrogens (tertiary/aromatic N) is 1. The quantitative estimate of drug-likeness (QED) is 0.292. The number of rotatable bonds is 1. The highest BCUT2D eigenvalue weighted by atomic mass is 35.5. The van der Waals surface area contributed by atoms with Gasteiger partial charge in [-0.2, -0.15) is 0 Å². The fourth-order valence-electron chi connectivity index (χ4n) is 4.83. The molecule has 0 bridgehead atoms. The molecule has 0 radical (unpaired) electrons. The van der Waals surface area contributed by atoms with E-state index in [1.807, 2.05) is 36.4 Å². The monoisotopic (exact) mass is 395 g/mol. The molecule has 1 aliphatic rings. The number of hydrogen-bond acceptors (Lipinski definition) is 2. The lowest BCUT2D eigenvalue weighted by atomic mass is 9.80. The molecule has 29 heavy (non-hydrogen) atoms. The van der Waals surface area contributed by atoms with E-state index in [-0.39, 0.29) is 5.41 Å². The van der Waals surface area contributed by atoms with Crippen LogP contribution in [0.25, 0.3) is 44.5 Å². The Morgan fingerprint density at radius 2 is 1.59 bits per heavy atom. The van der Waals surface area contributed by atoms with Crippen LogP contribution in [0.2, 0.25) is 5.02 Å². The van der Waals surface area contributed by atoms with Crippen LogP contribution < -0.4 is 0 Å². The van der Waals surface area contributed by atoms with Crippen molar-refractivity contribution in [3.8, 4) is 22.4 Å². The van der Waals surface area contributed by atoms with E-state index in [1.165, 1.54) is 22.3 Å². The van der Waals surface area contributed by atoms with Gasteiger partial charge in [0.15, 0.2) is 0 Å². The lowest BCUT2D eigenvalue weighted by molar-refractivity contribution is 0.645. The van der Waals surface area contributed by atoms with Crippen LogP contribution in [-0.4, -0.2) is 4.98 Å². The van der Waals surface area contributed by atoms with Crippen molar-refractivity contribution >= 4 is 33.7 Å². The zero-order valence-electron chi connectivity index (χ0n) is 16.2. The molecule has 0 N–H and O–H groups in total. The van der Waals surface area contributed by atoms with Gasteiger partial charge in [-0.1, -0.05) is 80.0 Å². The van der Waals surface area contributed by atoms with E-state index in [9.17, 15) is 0 Å². The summed E-state index contributed by atoms with van der Waals surface area (Å²) in [5, 5.41) is 2.94. The third-order valence-electron chi connectivity index (χ3n) is 6.14. The predicted octanol–water partition coefficient (Wildman–Crippen LogP) is 7.61. The van der Waals surface area contributed by atoms with Gasteiger partial charge in [0.25, 0.3) is 0 Å². The van der Waals surface area contributed by atoms with Crippen molar-refractivity contribution in [2.75, 3.05) is 0 Å². The van der Waals surface area contributed by atoms with Crippen molar-refractivity contribution < 1.29 is 4.42 Å². The van der Waals surface area contributed by atoms with Crippen LogP contribution in [0.5, 0.6) is 0 Å². The van der Waals surface area contributed by atoms with Gasteiger partial charge in [-0.15, -0.1) is 0 Å². The molecule has 2 aromatic heterocycles. The summed E-state index contributed by atoms with van der Waals surface area (Å²) in [6.45, 7) is 4.57. The highest BCUT2D eigenvalue weighted by molar-refractivity contribution is 6.30. The third kappa shape index (κ3) is 2.21. The minimum absolute atomic E-state index is 0.166. The van der Waals surface area contributed by atoms with Crippen molar-refractivity contribution in [1.82, 2.24) is 4.98 Å². The summed E-state index contributed by atoms with van der Waals surface area (Å²) in [5.74, 6) is 0. The maximum atomic E-state index is 6.21. The van der Waals surface area contributed by atoms with Crippen LogP contribution in [0.15, 0.2) is 77.2 Å². The summed E-state index contributed by atoms with van der Waals surface area (Å²) in [4.78, 5) is 5.05. The van der Waals surface area contributed by atoms with Crippen LogP contribution in [0.3, 0.4) is 0 Å². The highest BCUT2D eigenvalue weighted by Gasteiger charge is 2.40. The molecule has 3 aromatic carbocycles. The van der Waals surface area contributed by atoms with E-state index in [4.69, 9.17) is 21.0 Å². The van der Waals surface area contributed by atoms with E-state index in [0.29, 0.717) is 5.71 Å². The van der Waals surface area contributed by atoms with Crippen molar-refractivity contribution in [2.24, 2.45) is 0 Å². The van der Waals surface area contributed by atoms with Crippen molar-refractivity contribution in [1.29, 1.82) is 0 Å². The zero-order chi connectivity index (χ0) is 19.8. The molecular formula is C26H18ClNO. The van der Waals surface area contributed by atoms with E-state index in [0.717, 1.165) is 32.6 Å². The average molecular weight is 396 g/mol. The Morgan fingerprint density at radius 3 is 2.41 bits per heavy atom. The van der Waals surface area contributed by atoms with Crippen molar-refractivity contribution in [3.63, 3.8) is 0 Å². The largest absolute Gasteiger partial charge is 0.438 e. The Kier molecular flexibility index (Phi) is 3.31. The number of pyridine rings is 1. The molecule has 2 heterocycles. The highest BCUT2D eigenvalue weighted by Crippen LogP contribution is 2.55. The summed E-state index contributed by atoms with van der Waals surface area (Å²) >= 11 is 6.16. The molecule has 2 nitrogen and oxygen atoms in total. The number of benzene rings is 3. The second kappa shape index (κ2) is 5.71. The number of aromatic nitrogens is 1. The van der Waals surface area contributed by atoms with E-state index >= 15 is 0 Å². The zero-order valence-corrected chi connectivity index (χ0v) is 16.9. The van der Waals surface area contributed by atoms with Gasteiger partial charge in [-0.3, -0.25) is 0 Å². The van der Waals surface area contributed by atoms with Crippen LogP contribution in [-0.2, 0) is 5.41 Å². The fourth-order valence-corrected chi connectivity index (χ4v) is 4.96. The van der Waals surface area contributed by atoms with E-state index < -0.39 is 0 Å². The minimum Gasteiger partial charge on any atom is -0.438 e. The first-order chi connectivity index (χ1) is 14.1. The normalized spacial score (nSPS) is 14.3. The average Bonchev–Trinajstić information content (AvgIpc) is 3.21. The van der Waals surface area contributed by atoms with E-state index in [1.54, 1.807) is 0 Å².